The molecule has 1 fully saturated rings. The Bertz CT molecular complexity index is 1180. The highest BCUT2D eigenvalue weighted by Crippen LogP contribution is 2.48. The Morgan fingerprint density at radius 3 is 2.73 bits per heavy atom. The van der Waals surface area contributed by atoms with E-state index in [0.29, 0.717) is 24.8 Å². The van der Waals surface area contributed by atoms with Gasteiger partial charge in [-0.15, -0.1) is 11.8 Å². The maximum Gasteiger partial charge on any atom is 0.252 e. The molecule has 2 heterocycles. The van der Waals surface area contributed by atoms with E-state index in [0.717, 1.165) is 29.9 Å². The molecule has 1 saturated carbocycles. The second-order valence-electron chi connectivity index (χ2n) is 8.09. The van der Waals surface area contributed by atoms with Crippen LogP contribution in [0.25, 0.3) is 10.8 Å². The van der Waals surface area contributed by atoms with Crippen LogP contribution in [0.2, 0.25) is 0 Å². The van der Waals surface area contributed by atoms with Crippen LogP contribution in [0.3, 0.4) is 0 Å². The molecule has 1 amide bonds. The first-order chi connectivity index (χ1) is 14.7. The van der Waals surface area contributed by atoms with Crippen LogP contribution >= 0.6 is 11.8 Å². The van der Waals surface area contributed by atoms with E-state index in [1.54, 1.807) is 22.4 Å². The lowest BCUT2D eigenvalue weighted by Gasteiger charge is -2.18. The first-order valence-corrected chi connectivity index (χ1v) is 11.5. The minimum Gasteiger partial charge on any atom is -0.353 e. The second-order valence-corrected chi connectivity index (χ2v) is 9.10. The van der Waals surface area contributed by atoms with E-state index < -0.39 is 6.04 Å². The quantitative estimate of drug-likeness (QED) is 0.643. The van der Waals surface area contributed by atoms with Crippen molar-refractivity contribution in [2.24, 2.45) is 5.73 Å². The highest BCUT2D eigenvalue weighted by Gasteiger charge is 2.37. The highest BCUT2D eigenvalue weighted by atomic mass is 32.2. The van der Waals surface area contributed by atoms with Gasteiger partial charge in [0.05, 0.1) is 5.03 Å². The van der Waals surface area contributed by atoms with Crippen LogP contribution in [0.1, 0.15) is 41.5 Å². The lowest BCUT2D eigenvalue weighted by atomic mass is 9.95. The summed E-state index contributed by atoms with van der Waals surface area (Å²) in [6, 6.07) is 16.1. The molecule has 1 atom stereocenters. The molecule has 0 saturated heterocycles. The Hall–Kier alpha value is -2.57. The lowest BCUT2D eigenvalue weighted by molar-refractivity contribution is -0.123. The largest absolute Gasteiger partial charge is 0.353 e. The van der Waals surface area contributed by atoms with Crippen LogP contribution < -0.4 is 16.6 Å². The summed E-state index contributed by atoms with van der Waals surface area (Å²) in [6.45, 7) is 0.823. The molecule has 2 aliphatic rings. The van der Waals surface area contributed by atoms with Gasteiger partial charge in [-0.2, -0.15) is 0 Å². The normalized spacial score (nSPS) is 17.8. The fourth-order valence-corrected chi connectivity index (χ4v) is 5.88. The molecule has 0 unspecified atom stereocenters. The number of aromatic nitrogens is 1. The number of carbonyl (C=O) groups is 1. The maximum absolute atomic E-state index is 13.1. The van der Waals surface area contributed by atoms with Crippen molar-refractivity contribution in [2.75, 3.05) is 18.8 Å². The minimum atomic E-state index is -0.451. The monoisotopic (exact) mass is 419 g/mol. The molecule has 3 N–H and O–H groups in total. The summed E-state index contributed by atoms with van der Waals surface area (Å²) in [5.41, 5.74) is 9.06. The van der Waals surface area contributed by atoms with Crippen molar-refractivity contribution in [3.05, 3.63) is 75.6 Å². The number of nitrogens with two attached hydrogens (primary N) is 1. The fourth-order valence-electron chi connectivity index (χ4n) is 4.45. The van der Waals surface area contributed by atoms with Gasteiger partial charge in [0, 0.05) is 24.9 Å². The molecule has 1 aliphatic carbocycles. The van der Waals surface area contributed by atoms with Gasteiger partial charge in [-0.05, 0) is 52.6 Å². The van der Waals surface area contributed by atoms with Gasteiger partial charge < -0.3 is 11.1 Å². The number of thioether (sulfide) groups is 1. The molecule has 1 aliphatic heterocycles. The Kier molecular flexibility index (Phi) is 5.13. The Morgan fingerprint density at radius 2 is 1.93 bits per heavy atom. The zero-order chi connectivity index (χ0) is 20.7. The fraction of sp³-hybridized carbons (Fsp3) is 0.333. The van der Waals surface area contributed by atoms with Gasteiger partial charge in [0.15, 0.2) is 0 Å². The summed E-state index contributed by atoms with van der Waals surface area (Å²) in [4.78, 5) is 25.7. The number of nitrogens with one attached hydrogen (secondary N) is 1. The molecule has 2 aromatic carbocycles. The zero-order valence-corrected chi connectivity index (χ0v) is 17.6. The van der Waals surface area contributed by atoms with Crippen molar-refractivity contribution >= 4 is 28.4 Å². The molecule has 3 aromatic rings. The average Bonchev–Trinajstić information content (AvgIpc) is 3.49. The van der Waals surface area contributed by atoms with E-state index in [1.165, 1.54) is 21.9 Å². The topological polar surface area (TPSA) is 77.1 Å². The first-order valence-electron chi connectivity index (χ1n) is 10.5. The number of carbonyl (C=O) groups excluding carboxylic acids is 1. The molecule has 30 heavy (non-hydrogen) atoms. The van der Waals surface area contributed by atoms with Crippen LogP contribution in [0.15, 0.2) is 58.4 Å². The van der Waals surface area contributed by atoms with Crippen molar-refractivity contribution in [1.29, 1.82) is 0 Å². The zero-order valence-electron chi connectivity index (χ0n) is 16.8. The highest BCUT2D eigenvalue weighted by molar-refractivity contribution is 7.99. The summed E-state index contributed by atoms with van der Waals surface area (Å²) >= 11 is 1.65. The van der Waals surface area contributed by atoms with Crippen LogP contribution in [-0.2, 0) is 11.2 Å². The van der Waals surface area contributed by atoms with Gasteiger partial charge in [0.1, 0.15) is 6.04 Å². The summed E-state index contributed by atoms with van der Waals surface area (Å²) in [5, 5.41) is 6.28. The first kappa shape index (κ1) is 19.4. The third-order valence-electron chi connectivity index (χ3n) is 6.01. The van der Waals surface area contributed by atoms with Crippen LogP contribution in [0.4, 0.5) is 0 Å². The molecule has 1 aromatic heterocycles. The average molecular weight is 420 g/mol. The standard InChI is InChI=1S/C24H25N3O2S/c25-10-11-26-23(29)20-14-30-24-22(16-8-9-16)18(13-21(28)27(20)24)12-17-6-3-5-15-4-1-2-7-19(15)17/h1-7,13,16,20H,8-12,14,25H2,(H,26,29)/t20-/m0/s1. The van der Waals surface area contributed by atoms with Gasteiger partial charge in [0.2, 0.25) is 5.91 Å². The molecular weight excluding hydrogens is 394 g/mol. The summed E-state index contributed by atoms with van der Waals surface area (Å²) < 4.78 is 1.72. The Morgan fingerprint density at radius 1 is 1.13 bits per heavy atom. The lowest BCUT2D eigenvalue weighted by Crippen LogP contribution is -2.38. The Labute approximate surface area is 179 Å². The summed E-state index contributed by atoms with van der Waals surface area (Å²) in [7, 11) is 0. The Balaban J connectivity index is 1.57. The van der Waals surface area contributed by atoms with E-state index in [9.17, 15) is 9.59 Å². The van der Waals surface area contributed by atoms with Gasteiger partial charge >= 0.3 is 0 Å². The molecule has 0 radical (unpaired) electrons. The number of rotatable bonds is 6. The molecule has 0 spiro atoms. The third kappa shape index (κ3) is 3.44. The smallest absolute Gasteiger partial charge is 0.252 e. The van der Waals surface area contributed by atoms with Crippen LogP contribution in [-0.4, -0.2) is 29.3 Å². The molecular formula is C24H25N3O2S. The molecule has 5 rings (SSSR count). The van der Waals surface area contributed by atoms with E-state index in [2.05, 4.69) is 47.8 Å². The summed E-state index contributed by atoms with van der Waals surface area (Å²) in [5.74, 6) is 0.982. The molecule has 6 heteroatoms. The van der Waals surface area contributed by atoms with E-state index in [4.69, 9.17) is 5.73 Å². The van der Waals surface area contributed by atoms with Gasteiger partial charge in [-0.25, -0.2) is 0 Å². The van der Waals surface area contributed by atoms with Crippen LogP contribution in [0, 0.1) is 0 Å². The van der Waals surface area contributed by atoms with E-state index in [-0.39, 0.29) is 11.5 Å². The predicted molar refractivity (Wildman–Crippen MR) is 121 cm³/mol. The number of fused-ring (bicyclic) bond motifs is 2. The number of pyridine rings is 1. The van der Waals surface area contributed by atoms with Gasteiger partial charge in [-0.1, -0.05) is 42.5 Å². The van der Waals surface area contributed by atoms with E-state index in [1.807, 2.05) is 0 Å². The van der Waals surface area contributed by atoms with Crippen molar-refractivity contribution in [2.45, 2.75) is 36.2 Å². The van der Waals surface area contributed by atoms with Gasteiger partial charge in [-0.3, -0.25) is 14.2 Å². The molecule has 5 nitrogen and oxygen atoms in total. The van der Waals surface area contributed by atoms with Crippen LogP contribution in [0.5, 0.6) is 0 Å². The molecule has 0 bridgehead atoms. The second kappa shape index (κ2) is 7.93. The van der Waals surface area contributed by atoms with E-state index >= 15 is 0 Å². The summed E-state index contributed by atoms with van der Waals surface area (Å²) in [6.07, 6.45) is 3.04. The third-order valence-corrected chi connectivity index (χ3v) is 7.18. The number of nitrogens with zero attached hydrogens (tertiary/aromatic N) is 1. The number of benzene rings is 2. The maximum atomic E-state index is 13.1. The SMILES string of the molecule is NCCNC(=O)[C@@H]1CSc2c(C3CC3)c(Cc3cccc4ccccc34)cc(=O)n21. The molecule has 154 valence electrons. The number of hydrogen-bond acceptors (Lipinski definition) is 4. The predicted octanol–water partition coefficient (Wildman–Crippen LogP) is 3.19. The van der Waals surface area contributed by atoms with Crippen molar-refractivity contribution in [3.8, 4) is 0 Å². The van der Waals surface area contributed by atoms with Crippen molar-refractivity contribution < 1.29 is 4.79 Å². The van der Waals surface area contributed by atoms with Crippen molar-refractivity contribution in [3.63, 3.8) is 0 Å². The number of amides is 1. The van der Waals surface area contributed by atoms with Crippen molar-refractivity contribution in [1.82, 2.24) is 9.88 Å². The minimum absolute atomic E-state index is 0.0810. The number of hydrogen-bond donors (Lipinski definition) is 2. The van der Waals surface area contributed by atoms with Gasteiger partial charge in [0.25, 0.3) is 5.56 Å².